The third kappa shape index (κ3) is 3.04. The fourth-order valence-electron chi connectivity index (χ4n) is 8.17. The van der Waals surface area contributed by atoms with Crippen LogP contribution in [-0.2, 0) is 5.41 Å². The molecule has 0 unspecified atom stereocenters. The number of fused-ring (bicyclic) bond motifs is 7. The van der Waals surface area contributed by atoms with Gasteiger partial charge in [0.05, 0.1) is 0 Å². The van der Waals surface area contributed by atoms with E-state index in [4.69, 9.17) is 4.42 Å². The Labute approximate surface area is 255 Å². The Morgan fingerprint density at radius 1 is 0.455 bits per heavy atom. The molecule has 1 aliphatic carbocycles. The van der Waals surface area contributed by atoms with E-state index in [1.807, 2.05) is 0 Å². The average Bonchev–Trinajstić information content (AvgIpc) is 3.55. The summed E-state index contributed by atoms with van der Waals surface area (Å²) in [5.74, 6) is 0. The molecule has 0 N–H and O–H groups in total. The summed E-state index contributed by atoms with van der Waals surface area (Å²) in [7, 11) is 0. The first-order chi connectivity index (χ1) is 21.6. The van der Waals surface area contributed by atoms with E-state index in [0.29, 0.717) is 0 Å². The maximum Gasteiger partial charge on any atom is 0.140 e. The molecular weight excluding hydrogens is 532 g/mol. The third-order valence-corrected chi connectivity index (χ3v) is 10.2. The fraction of sp³-hybridized carbons (Fsp3) is 0.0698. The Hall–Kier alpha value is -5.40. The van der Waals surface area contributed by atoms with Crippen LogP contribution in [0.25, 0.3) is 87.6 Å². The van der Waals surface area contributed by atoms with Crippen molar-refractivity contribution < 1.29 is 4.42 Å². The summed E-state index contributed by atoms with van der Waals surface area (Å²) in [6.07, 6.45) is 0. The quantitative estimate of drug-likeness (QED) is 0.192. The second kappa shape index (κ2) is 8.36. The van der Waals surface area contributed by atoms with Crippen LogP contribution in [0.1, 0.15) is 25.0 Å². The Bertz CT molecular complexity index is 2620. The number of hydrogen-bond acceptors (Lipinski definition) is 1. The van der Waals surface area contributed by atoms with E-state index in [2.05, 4.69) is 147 Å². The molecule has 44 heavy (non-hydrogen) atoms. The highest BCUT2D eigenvalue weighted by atomic mass is 16.3. The monoisotopic (exact) mass is 560 g/mol. The normalized spacial score (nSPS) is 13.9. The first-order valence-corrected chi connectivity index (χ1v) is 15.4. The van der Waals surface area contributed by atoms with Crippen molar-refractivity contribution in [3.63, 3.8) is 0 Å². The van der Waals surface area contributed by atoms with Gasteiger partial charge >= 0.3 is 0 Å². The maximum absolute atomic E-state index is 6.69. The summed E-state index contributed by atoms with van der Waals surface area (Å²) in [5.41, 5.74) is 12.1. The molecule has 1 aromatic heterocycles. The number of benzene rings is 8. The molecule has 1 heterocycles. The van der Waals surface area contributed by atoms with Crippen molar-refractivity contribution in [1.29, 1.82) is 0 Å². The molecule has 0 aliphatic heterocycles. The van der Waals surface area contributed by atoms with E-state index >= 15 is 0 Å². The van der Waals surface area contributed by atoms with Crippen molar-refractivity contribution >= 4 is 54.3 Å². The van der Waals surface area contributed by atoms with E-state index in [0.717, 1.165) is 11.2 Å². The van der Waals surface area contributed by atoms with Gasteiger partial charge in [-0.15, -0.1) is 0 Å². The van der Waals surface area contributed by atoms with Crippen LogP contribution in [0.3, 0.4) is 0 Å². The first-order valence-electron chi connectivity index (χ1n) is 15.4. The minimum atomic E-state index is -0.118. The summed E-state index contributed by atoms with van der Waals surface area (Å²) < 4.78 is 6.69. The van der Waals surface area contributed by atoms with Crippen molar-refractivity contribution in [3.8, 4) is 33.4 Å². The minimum Gasteiger partial charge on any atom is -0.456 e. The molecule has 0 atom stereocenters. The second-order valence-electron chi connectivity index (χ2n) is 12.9. The fourth-order valence-corrected chi connectivity index (χ4v) is 8.17. The van der Waals surface area contributed by atoms with E-state index in [1.54, 1.807) is 0 Å². The zero-order valence-electron chi connectivity index (χ0n) is 24.6. The number of furan rings is 1. The van der Waals surface area contributed by atoms with Crippen LogP contribution in [0.4, 0.5) is 0 Å². The zero-order valence-corrected chi connectivity index (χ0v) is 24.6. The molecule has 0 saturated heterocycles. The molecule has 1 nitrogen and oxygen atoms in total. The highest BCUT2D eigenvalue weighted by molar-refractivity contribution is 6.27. The standard InChI is InChI=1S/C43H28O/c1-43(2)37-11-7-6-10-31(37)34-21-22-35-36-24-28(16-23-38(36)44-42(35)41(34)43)30-18-13-27-14-19-32-29(25-8-4-3-5-9-25)17-12-26-15-20-33(30)40(27)39(26)32/h3-24H,1-2H3. The van der Waals surface area contributed by atoms with Crippen LogP contribution < -0.4 is 0 Å². The number of hydrogen-bond donors (Lipinski definition) is 0. The van der Waals surface area contributed by atoms with Crippen molar-refractivity contribution in [2.45, 2.75) is 19.3 Å². The Morgan fingerprint density at radius 2 is 1.07 bits per heavy atom. The smallest absolute Gasteiger partial charge is 0.140 e. The van der Waals surface area contributed by atoms with E-state index < -0.39 is 0 Å². The van der Waals surface area contributed by atoms with Crippen LogP contribution in [0.15, 0.2) is 138 Å². The van der Waals surface area contributed by atoms with Gasteiger partial charge in [-0.05, 0) is 89.5 Å². The lowest BCUT2D eigenvalue weighted by atomic mass is 9.82. The van der Waals surface area contributed by atoms with E-state index in [9.17, 15) is 0 Å². The topological polar surface area (TPSA) is 13.1 Å². The molecule has 206 valence electrons. The summed E-state index contributed by atoms with van der Waals surface area (Å²) in [6.45, 7) is 4.65. The van der Waals surface area contributed by atoms with E-state index in [-0.39, 0.29) is 5.41 Å². The minimum absolute atomic E-state index is 0.118. The number of rotatable bonds is 2. The lowest BCUT2D eigenvalue weighted by molar-refractivity contribution is 0.620. The van der Waals surface area contributed by atoms with Crippen molar-refractivity contribution in [2.24, 2.45) is 0 Å². The zero-order chi connectivity index (χ0) is 29.2. The lowest BCUT2D eigenvalue weighted by Gasteiger charge is -2.21. The molecule has 0 fully saturated rings. The molecule has 0 bridgehead atoms. The average molecular weight is 561 g/mol. The van der Waals surface area contributed by atoms with Gasteiger partial charge in [0.15, 0.2) is 0 Å². The molecule has 0 radical (unpaired) electrons. The highest BCUT2D eigenvalue weighted by Gasteiger charge is 2.38. The molecule has 1 aliphatic rings. The molecule has 0 amide bonds. The summed E-state index contributed by atoms with van der Waals surface area (Å²) >= 11 is 0. The van der Waals surface area contributed by atoms with Crippen molar-refractivity contribution in [1.82, 2.24) is 0 Å². The molecule has 0 spiro atoms. The Kier molecular flexibility index (Phi) is 4.58. The largest absolute Gasteiger partial charge is 0.456 e. The van der Waals surface area contributed by atoms with Crippen LogP contribution in [0.5, 0.6) is 0 Å². The van der Waals surface area contributed by atoms with Gasteiger partial charge in [-0.3, -0.25) is 0 Å². The Morgan fingerprint density at radius 3 is 1.82 bits per heavy atom. The van der Waals surface area contributed by atoms with Crippen LogP contribution in [0, 0.1) is 0 Å². The molecule has 1 heteroatoms. The van der Waals surface area contributed by atoms with Gasteiger partial charge in [0.25, 0.3) is 0 Å². The summed E-state index contributed by atoms with van der Waals surface area (Å²) in [5, 5.41) is 10.2. The highest BCUT2D eigenvalue weighted by Crippen LogP contribution is 2.52. The van der Waals surface area contributed by atoms with Gasteiger partial charge < -0.3 is 4.42 Å². The third-order valence-electron chi connectivity index (χ3n) is 10.2. The predicted molar refractivity (Wildman–Crippen MR) is 186 cm³/mol. The molecular formula is C43H28O. The van der Waals surface area contributed by atoms with Gasteiger partial charge in [-0.2, -0.15) is 0 Å². The second-order valence-corrected chi connectivity index (χ2v) is 12.9. The molecule has 10 rings (SSSR count). The van der Waals surface area contributed by atoms with Gasteiger partial charge in [0.2, 0.25) is 0 Å². The first kappa shape index (κ1) is 24.1. The van der Waals surface area contributed by atoms with Gasteiger partial charge in [-0.1, -0.05) is 129 Å². The maximum atomic E-state index is 6.69. The lowest BCUT2D eigenvalue weighted by Crippen LogP contribution is -2.15. The van der Waals surface area contributed by atoms with Crippen LogP contribution in [-0.4, -0.2) is 0 Å². The molecule has 0 saturated carbocycles. The predicted octanol–water partition coefficient (Wildman–Crippen LogP) is 12.1. The summed E-state index contributed by atoms with van der Waals surface area (Å²) in [4.78, 5) is 0. The van der Waals surface area contributed by atoms with Crippen LogP contribution >= 0.6 is 0 Å². The Balaban J connectivity index is 1.21. The molecule has 8 aromatic carbocycles. The molecule has 9 aromatic rings. The van der Waals surface area contributed by atoms with Crippen molar-refractivity contribution in [2.75, 3.05) is 0 Å². The van der Waals surface area contributed by atoms with E-state index in [1.165, 1.54) is 87.6 Å². The van der Waals surface area contributed by atoms with Gasteiger partial charge in [-0.25, -0.2) is 0 Å². The SMILES string of the molecule is CC1(C)c2ccccc2-c2ccc3c(oc4ccc(-c5ccc6ccc7c(-c8ccccc8)ccc8ccc5c6c87)cc43)c21. The van der Waals surface area contributed by atoms with Gasteiger partial charge in [0.1, 0.15) is 11.2 Å². The van der Waals surface area contributed by atoms with Gasteiger partial charge in [0, 0.05) is 21.8 Å². The van der Waals surface area contributed by atoms with Crippen molar-refractivity contribution in [3.05, 3.63) is 145 Å². The van der Waals surface area contributed by atoms with Crippen LogP contribution in [0.2, 0.25) is 0 Å². The summed E-state index contributed by atoms with van der Waals surface area (Å²) in [6, 6.07) is 49.1.